The van der Waals surface area contributed by atoms with Crippen molar-refractivity contribution in [3.8, 4) is 0 Å². The molecular weight excluding hydrogens is 102 g/mol. The summed E-state index contributed by atoms with van der Waals surface area (Å²) in [5, 5.41) is 10.5. The zero-order chi connectivity index (χ0) is 6.57. The van der Waals surface area contributed by atoms with E-state index in [2.05, 4.69) is 6.92 Å². The van der Waals surface area contributed by atoms with E-state index >= 15 is 0 Å². The molecule has 0 rings (SSSR count). The summed E-state index contributed by atoms with van der Waals surface area (Å²) in [6.07, 6.45) is -0.787. The van der Waals surface area contributed by atoms with E-state index in [0.29, 0.717) is 0 Å². The molecule has 0 amide bonds. The number of rotatable bonds is 3. The summed E-state index contributed by atoms with van der Waals surface area (Å²) in [5.74, 6) is 0. The van der Waals surface area contributed by atoms with E-state index < -0.39 is 6.23 Å². The molecule has 0 N–H and O–H groups in total. The van der Waals surface area contributed by atoms with Crippen LogP contribution < -0.4 is 0 Å². The lowest BCUT2D eigenvalue weighted by Gasteiger charge is -2.18. The van der Waals surface area contributed by atoms with Crippen molar-refractivity contribution in [2.24, 2.45) is 0 Å². The Morgan fingerprint density at radius 2 is 1.88 bits per heavy atom. The Kier molecular flexibility index (Phi) is 3.83. The van der Waals surface area contributed by atoms with Gasteiger partial charge in [0.1, 0.15) is 6.23 Å². The number of hydrogen-bond acceptors (Lipinski definition) is 1. The minimum absolute atomic E-state index is 0.787. The number of nitrogens with zero attached hydrogens (tertiary/aromatic N) is 1. The van der Waals surface area contributed by atoms with Crippen LogP contribution in [0, 0.1) is 6.92 Å². The fourth-order valence-electron chi connectivity index (χ4n) is 0.631. The van der Waals surface area contributed by atoms with Crippen molar-refractivity contribution in [3.63, 3.8) is 0 Å². The Morgan fingerprint density at radius 1 is 1.50 bits per heavy atom. The zero-order valence-corrected chi connectivity index (χ0v) is 5.55. The van der Waals surface area contributed by atoms with E-state index in [1.165, 1.54) is 0 Å². The van der Waals surface area contributed by atoms with Crippen LogP contribution in [-0.2, 0) is 5.11 Å². The SMILES string of the molecule is [CH2]C([O])N(CC)CC. The van der Waals surface area contributed by atoms with Crippen LogP contribution in [0.1, 0.15) is 13.8 Å². The molecule has 1 atom stereocenters. The Balaban J connectivity index is 3.35. The first-order valence-corrected chi connectivity index (χ1v) is 2.95. The molecule has 0 fully saturated rings. The summed E-state index contributed by atoms with van der Waals surface area (Å²) in [7, 11) is 0. The molecule has 0 saturated carbocycles. The summed E-state index contributed by atoms with van der Waals surface area (Å²) in [5.41, 5.74) is 0. The maximum absolute atomic E-state index is 10.5. The van der Waals surface area contributed by atoms with Crippen LogP contribution in [0.5, 0.6) is 0 Å². The summed E-state index contributed by atoms with van der Waals surface area (Å²) in [6.45, 7) is 8.87. The molecular formula is C6H13NO. The van der Waals surface area contributed by atoms with E-state index in [9.17, 15) is 5.11 Å². The summed E-state index contributed by atoms with van der Waals surface area (Å²) >= 11 is 0. The smallest absolute Gasteiger partial charge is 0.146 e. The maximum Gasteiger partial charge on any atom is 0.146 e. The number of hydrogen-bond donors (Lipinski definition) is 0. The van der Waals surface area contributed by atoms with Crippen molar-refractivity contribution in [2.75, 3.05) is 13.1 Å². The highest BCUT2D eigenvalue weighted by molar-refractivity contribution is 4.57. The van der Waals surface area contributed by atoms with E-state index in [-0.39, 0.29) is 0 Å². The summed E-state index contributed by atoms with van der Waals surface area (Å²) in [4.78, 5) is 1.75. The predicted octanol–water partition coefficient (Wildman–Crippen LogP) is 0.919. The van der Waals surface area contributed by atoms with Crippen LogP contribution in [0.2, 0.25) is 0 Å². The maximum atomic E-state index is 10.5. The van der Waals surface area contributed by atoms with Gasteiger partial charge in [-0.05, 0) is 20.0 Å². The van der Waals surface area contributed by atoms with Crippen molar-refractivity contribution in [1.82, 2.24) is 4.90 Å². The van der Waals surface area contributed by atoms with Gasteiger partial charge in [-0.25, -0.2) is 5.11 Å². The van der Waals surface area contributed by atoms with Gasteiger partial charge < -0.3 is 0 Å². The lowest BCUT2D eigenvalue weighted by Crippen LogP contribution is -2.31. The van der Waals surface area contributed by atoms with Gasteiger partial charge in [-0.3, -0.25) is 4.90 Å². The summed E-state index contributed by atoms with van der Waals surface area (Å²) in [6, 6.07) is 0. The van der Waals surface area contributed by atoms with E-state index in [1.807, 2.05) is 13.8 Å². The molecule has 48 valence electrons. The molecule has 1 unspecified atom stereocenters. The molecule has 0 bridgehead atoms. The quantitative estimate of drug-likeness (QED) is 0.501. The first kappa shape index (κ1) is 7.92. The van der Waals surface area contributed by atoms with Crippen LogP contribution in [0.15, 0.2) is 0 Å². The molecule has 2 heteroatoms. The standard InChI is InChI=1S/C6H13NO/c1-4-7(5-2)6(3)8/h6H,3-5H2,1-2H3. The molecule has 0 aliphatic heterocycles. The molecule has 2 radical (unpaired) electrons. The third kappa shape index (κ3) is 2.28. The van der Waals surface area contributed by atoms with E-state index in [1.54, 1.807) is 4.90 Å². The highest BCUT2D eigenvalue weighted by Gasteiger charge is 2.04. The van der Waals surface area contributed by atoms with Crippen LogP contribution in [0.25, 0.3) is 0 Å². The average Bonchev–Trinajstić information content (AvgIpc) is 1.69. The molecule has 0 saturated heterocycles. The normalized spacial score (nSPS) is 14.6. The molecule has 0 aromatic carbocycles. The third-order valence-corrected chi connectivity index (χ3v) is 1.22. The molecule has 8 heavy (non-hydrogen) atoms. The van der Waals surface area contributed by atoms with Gasteiger partial charge in [0.15, 0.2) is 0 Å². The van der Waals surface area contributed by atoms with Crippen molar-refractivity contribution in [2.45, 2.75) is 20.1 Å². The van der Waals surface area contributed by atoms with Crippen LogP contribution >= 0.6 is 0 Å². The van der Waals surface area contributed by atoms with Crippen molar-refractivity contribution < 1.29 is 5.11 Å². The van der Waals surface area contributed by atoms with Crippen molar-refractivity contribution >= 4 is 0 Å². The Bertz CT molecular complexity index is 50.5. The molecule has 0 aromatic heterocycles. The topological polar surface area (TPSA) is 23.1 Å². The molecule has 0 heterocycles. The highest BCUT2D eigenvalue weighted by atomic mass is 16.3. The largest absolute Gasteiger partial charge is 0.276 e. The van der Waals surface area contributed by atoms with Gasteiger partial charge >= 0.3 is 0 Å². The third-order valence-electron chi connectivity index (χ3n) is 1.22. The Morgan fingerprint density at radius 3 is 1.88 bits per heavy atom. The van der Waals surface area contributed by atoms with Crippen molar-refractivity contribution in [1.29, 1.82) is 0 Å². The van der Waals surface area contributed by atoms with Gasteiger partial charge in [0.2, 0.25) is 0 Å². The Hall–Kier alpha value is -0.0800. The van der Waals surface area contributed by atoms with Crippen molar-refractivity contribution in [3.05, 3.63) is 6.92 Å². The zero-order valence-electron chi connectivity index (χ0n) is 5.55. The van der Waals surface area contributed by atoms with Gasteiger partial charge in [0.25, 0.3) is 0 Å². The highest BCUT2D eigenvalue weighted by Crippen LogP contribution is 1.91. The van der Waals surface area contributed by atoms with Gasteiger partial charge in [0.05, 0.1) is 0 Å². The molecule has 0 spiro atoms. The molecule has 0 aliphatic rings. The second-order valence-electron chi connectivity index (χ2n) is 1.68. The van der Waals surface area contributed by atoms with Gasteiger partial charge in [-0.2, -0.15) is 0 Å². The predicted molar refractivity (Wildman–Crippen MR) is 32.8 cm³/mol. The van der Waals surface area contributed by atoms with Crippen LogP contribution in [-0.4, -0.2) is 24.2 Å². The van der Waals surface area contributed by atoms with Gasteiger partial charge in [-0.15, -0.1) is 0 Å². The van der Waals surface area contributed by atoms with E-state index in [4.69, 9.17) is 0 Å². The minimum Gasteiger partial charge on any atom is -0.276 e. The van der Waals surface area contributed by atoms with Gasteiger partial charge in [0, 0.05) is 0 Å². The van der Waals surface area contributed by atoms with E-state index in [0.717, 1.165) is 13.1 Å². The second-order valence-corrected chi connectivity index (χ2v) is 1.68. The minimum atomic E-state index is -0.787. The van der Waals surface area contributed by atoms with Crippen LogP contribution in [0.4, 0.5) is 0 Å². The summed E-state index contributed by atoms with van der Waals surface area (Å²) < 4.78 is 0. The Labute approximate surface area is 51.1 Å². The average molecular weight is 115 g/mol. The van der Waals surface area contributed by atoms with Crippen LogP contribution in [0.3, 0.4) is 0 Å². The lowest BCUT2D eigenvalue weighted by molar-refractivity contribution is -0.00878. The lowest BCUT2D eigenvalue weighted by atomic mass is 10.5. The fraction of sp³-hybridized carbons (Fsp3) is 0.833. The fourth-order valence-corrected chi connectivity index (χ4v) is 0.631. The second kappa shape index (κ2) is 3.87. The molecule has 0 aliphatic carbocycles. The first-order valence-electron chi connectivity index (χ1n) is 2.95. The monoisotopic (exact) mass is 115 g/mol. The molecule has 2 nitrogen and oxygen atoms in total. The molecule has 0 aromatic rings. The first-order chi connectivity index (χ1) is 3.72. The van der Waals surface area contributed by atoms with Gasteiger partial charge in [-0.1, -0.05) is 13.8 Å².